The van der Waals surface area contributed by atoms with Crippen LogP contribution in [0.3, 0.4) is 0 Å². The first kappa shape index (κ1) is 14.7. The molecule has 0 aliphatic rings. The van der Waals surface area contributed by atoms with Crippen LogP contribution in [0.5, 0.6) is 0 Å². The van der Waals surface area contributed by atoms with Gasteiger partial charge in [0.2, 0.25) is 5.91 Å². The number of hydrogen-bond acceptors (Lipinski definition) is 6. The van der Waals surface area contributed by atoms with Gasteiger partial charge in [-0.1, -0.05) is 12.1 Å². The minimum atomic E-state index is -0.226. The van der Waals surface area contributed by atoms with E-state index in [9.17, 15) is 9.59 Å². The number of hydrogen-bond donors (Lipinski definition) is 2. The van der Waals surface area contributed by atoms with Crippen LogP contribution in [0.1, 0.15) is 18.1 Å². The Kier molecular flexibility index (Phi) is 3.75. The van der Waals surface area contributed by atoms with Crippen molar-refractivity contribution in [2.75, 3.05) is 11.1 Å². The van der Waals surface area contributed by atoms with E-state index in [0.717, 1.165) is 0 Å². The molecular weight excluding hydrogens is 298 g/mol. The number of fused-ring (bicyclic) bond motifs is 1. The second kappa shape index (κ2) is 5.87. The summed E-state index contributed by atoms with van der Waals surface area (Å²) in [5, 5.41) is 10.2. The van der Waals surface area contributed by atoms with Crippen molar-refractivity contribution >= 4 is 34.4 Å². The van der Waals surface area contributed by atoms with Gasteiger partial charge in [0.25, 0.3) is 5.91 Å². The average Bonchev–Trinajstić information content (AvgIpc) is 3.13. The summed E-state index contributed by atoms with van der Waals surface area (Å²) >= 11 is 0. The molecule has 0 unspecified atom stereocenters. The highest BCUT2D eigenvalue weighted by Crippen LogP contribution is 2.16. The van der Waals surface area contributed by atoms with Gasteiger partial charge in [-0.2, -0.15) is 0 Å². The van der Waals surface area contributed by atoms with Crippen LogP contribution in [0.4, 0.5) is 11.5 Å². The first-order valence-electron chi connectivity index (χ1n) is 7.02. The fourth-order valence-electron chi connectivity index (χ4n) is 2.11. The third kappa shape index (κ3) is 3.03. The van der Waals surface area contributed by atoms with E-state index in [4.69, 9.17) is 5.73 Å². The van der Waals surface area contributed by atoms with Crippen molar-refractivity contribution in [1.82, 2.24) is 24.5 Å². The van der Waals surface area contributed by atoms with Gasteiger partial charge in [0.1, 0.15) is 12.9 Å². The molecule has 3 N–H and O–H groups in total. The van der Waals surface area contributed by atoms with Gasteiger partial charge in [0.15, 0.2) is 5.82 Å². The summed E-state index contributed by atoms with van der Waals surface area (Å²) in [5.41, 5.74) is 7.60. The van der Waals surface area contributed by atoms with E-state index in [1.165, 1.54) is 21.8 Å². The van der Waals surface area contributed by atoms with Crippen molar-refractivity contribution in [1.29, 1.82) is 0 Å². The molecule has 1 amide bonds. The highest BCUT2D eigenvalue weighted by Gasteiger charge is 2.12. The molecule has 0 aliphatic carbocycles. The molecule has 9 nitrogen and oxygen atoms in total. The summed E-state index contributed by atoms with van der Waals surface area (Å²) in [6.45, 7) is 1.71. The van der Waals surface area contributed by atoms with Crippen LogP contribution in [0, 0.1) is 0 Å². The van der Waals surface area contributed by atoms with Crippen molar-refractivity contribution in [3.05, 3.63) is 30.7 Å². The van der Waals surface area contributed by atoms with Crippen LogP contribution in [-0.4, -0.2) is 36.4 Å². The smallest absolute Gasteiger partial charge is 0.254 e. The van der Waals surface area contributed by atoms with Gasteiger partial charge in [-0.25, -0.2) is 9.67 Å². The fourth-order valence-corrected chi connectivity index (χ4v) is 2.11. The van der Waals surface area contributed by atoms with E-state index in [-0.39, 0.29) is 18.4 Å². The Hall–Kier alpha value is -3.23. The zero-order valence-electron chi connectivity index (χ0n) is 12.4. The Morgan fingerprint density at radius 3 is 2.96 bits per heavy atom. The zero-order valence-corrected chi connectivity index (χ0v) is 12.4. The number of nitrogens with zero attached hydrogens (tertiary/aromatic N) is 5. The molecule has 23 heavy (non-hydrogen) atoms. The molecule has 1 aromatic carbocycles. The molecule has 0 spiro atoms. The predicted molar refractivity (Wildman–Crippen MR) is 83.7 cm³/mol. The van der Waals surface area contributed by atoms with E-state index in [1.54, 1.807) is 25.1 Å². The predicted octanol–water partition coefficient (Wildman–Crippen LogP) is 0.899. The zero-order chi connectivity index (χ0) is 16.4. The summed E-state index contributed by atoms with van der Waals surface area (Å²) in [6, 6.07) is 5.15. The van der Waals surface area contributed by atoms with Gasteiger partial charge >= 0.3 is 0 Å². The molecule has 0 saturated carbocycles. The van der Waals surface area contributed by atoms with Crippen LogP contribution < -0.4 is 11.1 Å². The summed E-state index contributed by atoms with van der Waals surface area (Å²) in [4.78, 5) is 27.8. The molecule has 0 fully saturated rings. The maximum absolute atomic E-state index is 12.4. The number of rotatable bonds is 4. The molecule has 2 heterocycles. The summed E-state index contributed by atoms with van der Waals surface area (Å²) in [5.74, 6) is -0.0787. The minimum absolute atomic E-state index is 0.0230. The number of nitrogen functional groups attached to an aromatic ring is 1. The van der Waals surface area contributed by atoms with E-state index in [0.29, 0.717) is 29.0 Å². The number of imidazole rings is 1. The lowest BCUT2D eigenvalue weighted by Crippen LogP contribution is -2.17. The lowest BCUT2D eigenvalue weighted by Gasteiger charge is -2.03. The number of nitrogens with two attached hydrogens (primary N) is 1. The van der Waals surface area contributed by atoms with Gasteiger partial charge in [-0.05, 0) is 18.2 Å². The van der Waals surface area contributed by atoms with Gasteiger partial charge in [-0.15, -0.1) is 5.10 Å². The second-order valence-corrected chi connectivity index (χ2v) is 4.96. The van der Waals surface area contributed by atoms with Gasteiger partial charge in [0, 0.05) is 12.1 Å². The molecule has 3 rings (SSSR count). The topological polar surface area (TPSA) is 121 Å². The van der Waals surface area contributed by atoms with Crippen molar-refractivity contribution in [3.63, 3.8) is 0 Å². The number of nitrogens with one attached hydrogen (secondary N) is 1. The van der Waals surface area contributed by atoms with Crippen LogP contribution in [0.2, 0.25) is 0 Å². The van der Waals surface area contributed by atoms with Crippen LogP contribution in [-0.2, 0) is 11.3 Å². The Morgan fingerprint density at radius 2 is 2.17 bits per heavy atom. The van der Waals surface area contributed by atoms with Crippen LogP contribution >= 0.6 is 0 Å². The van der Waals surface area contributed by atoms with Crippen LogP contribution in [0.15, 0.2) is 30.7 Å². The Morgan fingerprint density at radius 1 is 1.35 bits per heavy atom. The van der Waals surface area contributed by atoms with Gasteiger partial charge in [-0.3, -0.25) is 14.2 Å². The quantitative estimate of drug-likeness (QED) is 0.690. The van der Waals surface area contributed by atoms with E-state index in [1.807, 2.05) is 0 Å². The number of anilines is 2. The van der Waals surface area contributed by atoms with Gasteiger partial charge < -0.3 is 11.1 Å². The first-order chi connectivity index (χ1) is 11.1. The number of carbonyl (C=O) groups is 2. The summed E-state index contributed by atoms with van der Waals surface area (Å²) < 4.78 is 2.79. The molecule has 0 saturated heterocycles. The van der Waals surface area contributed by atoms with Gasteiger partial charge in [0.05, 0.1) is 17.2 Å². The number of carbonyl (C=O) groups excluding carboxylic acids is 2. The first-order valence-corrected chi connectivity index (χ1v) is 7.02. The third-order valence-electron chi connectivity index (χ3n) is 3.26. The van der Waals surface area contributed by atoms with Crippen LogP contribution in [0.25, 0.3) is 11.0 Å². The molecule has 0 atom stereocenters. The normalized spacial score (nSPS) is 10.8. The number of benzene rings is 1. The third-order valence-corrected chi connectivity index (χ3v) is 3.26. The maximum atomic E-state index is 12.4. The molecule has 0 aliphatic heterocycles. The number of aromatic nitrogens is 5. The lowest BCUT2D eigenvalue weighted by molar-refractivity contribution is -0.115. The number of amides is 1. The summed E-state index contributed by atoms with van der Waals surface area (Å²) in [6.07, 6.45) is 3.29. The fraction of sp³-hybridized carbons (Fsp3) is 0.214. The van der Waals surface area contributed by atoms with Crippen molar-refractivity contribution < 1.29 is 9.59 Å². The Labute approximate surface area is 131 Å². The molecule has 3 aromatic rings. The molecule has 2 aromatic heterocycles. The van der Waals surface area contributed by atoms with E-state index in [2.05, 4.69) is 20.6 Å². The molecule has 0 radical (unpaired) electrons. The van der Waals surface area contributed by atoms with E-state index >= 15 is 0 Å². The molecular formula is C14H15N7O2. The highest BCUT2D eigenvalue weighted by molar-refractivity contribution is 5.91. The minimum Gasteiger partial charge on any atom is -0.399 e. The monoisotopic (exact) mass is 313 g/mol. The molecule has 9 heteroatoms. The van der Waals surface area contributed by atoms with Crippen molar-refractivity contribution in [2.24, 2.45) is 0 Å². The molecule has 118 valence electrons. The average molecular weight is 313 g/mol. The van der Waals surface area contributed by atoms with E-state index < -0.39 is 0 Å². The SMILES string of the molecule is CCC(=O)Nc1cn(CC(=O)n2cnc3cc(N)ccc32)nn1. The Bertz CT molecular complexity index is 880. The Balaban J connectivity index is 1.77. The van der Waals surface area contributed by atoms with Crippen molar-refractivity contribution in [2.45, 2.75) is 19.9 Å². The standard InChI is InChI=1S/C14H15N7O2/c1-2-13(22)17-12-6-20(19-18-12)7-14(23)21-8-16-10-5-9(15)3-4-11(10)21/h3-6,8H,2,7,15H2,1H3,(H,17,22). The highest BCUT2D eigenvalue weighted by atomic mass is 16.2. The maximum Gasteiger partial charge on any atom is 0.254 e. The lowest BCUT2D eigenvalue weighted by atomic mass is 10.3. The second-order valence-electron chi connectivity index (χ2n) is 4.96. The van der Waals surface area contributed by atoms with Crippen molar-refractivity contribution in [3.8, 4) is 0 Å². The summed E-state index contributed by atoms with van der Waals surface area (Å²) in [7, 11) is 0. The molecule has 0 bridgehead atoms. The largest absolute Gasteiger partial charge is 0.399 e.